The van der Waals surface area contributed by atoms with Gasteiger partial charge in [0.15, 0.2) is 0 Å². The van der Waals surface area contributed by atoms with Crippen molar-refractivity contribution < 1.29 is 9.59 Å². The van der Waals surface area contributed by atoms with Gasteiger partial charge in [0.2, 0.25) is 11.8 Å². The van der Waals surface area contributed by atoms with Crippen molar-refractivity contribution in [3.63, 3.8) is 0 Å². The zero-order valence-corrected chi connectivity index (χ0v) is 19.4. The highest BCUT2D eigenvalue weighted by atomic mass is 32.1. The summed E-state index contributed by atoms with van der Waals surface area (Å²) in [6.07, 6.45) is 4.98. The molecular weight excluding hydrogens is 430 g/mol. The molecule has 0 unspecified atom stereocenters. The van der Waals surface area contributed by atoms with Crippen LogP contribution < -0.4 is 5.32 Å². The van der Waals surface area contributed by atoms with E-state index < -0.39 is 0 Å². The van der Waals surface area contributed by atoms with Gasteiger partial charge in [0.1, 0.15) is 16.1 Å². The van der Waals surface area contributed by atoms with E-state index in [4.69, 9.17) is 0 Å². The molecule has 1 saturated heterocycles. The van der Waals surface area contributed by atoms with E-state index in [0.29, 0.717) is 43.0 Å². The van der Waals surface area contributed by atoms with Gasteiger partial charge in [0, 0.05) is 55.1 Å². The van der Waals surface area contributed by atoms with E-state index in [9.17, 15) is 14.9 Å². The number of piperazine rings is 1. The van der Waals surface area contributed by atoms with Crippen molar-refractivity contribution in [1.82, 2.24) is 14.8 Å². The van der Waals surface area contributed by atoms with E-state index in [1.54, 1.807) is 11.3 Å². The van der Waals surface area contributed by atoms with Crippen LogP contribution in [0.15, 0.2) is 5.38 Å². The average Bonchev–Trinajstić information content (AvgIpc) is 3.34. The molecule has 2 aliphatic rings. The molecule has 4 rings (SSSR count). The summed E-state index contributed by atoms with van der Waals surface area (Å²) in [5, 5.41) is 16.1. The van der Waals surface area contributed by atoms with Gasteiger partial charge in [-0.15, -0.1) is 22.7 Å². The van der Waals surface area contributed by atoms with Crippen molar-refractivity contribution in [2.75, 3.05) is 38.0 Å². The number of nitrogens with one attached hydrogen (secondary N) is 1. The lowest BCUT2D eigenvalue weighted by Crippen LogP contribution is -2.49. The molecule has 7 nitrogen and oxygen atoms in total. The van der Waals surface area contributed by atoms with Crippen LogP contribution >= 0.6 is 22.7 Å². The molecule has 1 N–H and O–H groups in total. The molecule has 31 heavy (non-hydrogen) atoms. The van der Waals surface area contributed by atoms with Gasteiger partial charge in [-0.1, -0.05) is 0 Å². The van der Waals surface area contributed by atoms with Crippen LogP contribution in [0.25, 0.3) is 0 Å². The zero-order valence-electron chi connectivity index (χ0n) is 17.8. The summed E-state index contributed by atoms with van der Waals surface area (Å²) in [5.41, 5.74) is 2.76. The predicted molar refractivity (Wildman–Crippen MR) is 122 cm³/mol. The number of hydrogen-bond acceptors (Lipinski definition) is 7. The fraction of sp³-hybridized carbons (Fsp3) is 0.545. The Hall–Kier alpha value is -2.28. The first-order chi connectivity index (χ1) is 15.0. The molecule has 2 aromatic heterocycles. The Labute approximate surface area is 190 Å². The van der Waals surface area contributed by atoms with Crippen molar-refractivity contribution >= 4 is 39.5 Å². The Morgan fingerprint density at radius 2 is 2.00 bits per heavy atom. The Kier molecular flexibility index (Phi) is 7.00. The van der Waals surface area contributed by atoms with Crippen LogP contribution in [0, 0.1) is 18.3 Å². The van der Waals surface area contributed by atoms with Gasteiger partial charge in [0.25, 0.3) is 0 Å². The highest BCUT2D eigenvalue weighted by molar-refractivity contribution is 7.16. The number of aromatic nitrogens is 1. The first-order valence-corrected chi connectivity index (χ1v) is 12.5. The molecule has 1 aliphatic heterocycles. The van der Waals surface area contributed by atoms with Crippen LogP contribution in [0.4, 0.5) is 5.00 Å². The van der Waals surface area contributed by atoms with Crippen LogP contribution in [-0.4, -0.2) is 59.3 Å². The number of thiophene rings is 1. The summed E-state index contributed by atoms with van der Waals surface area (Å²) in [5.74, 6) is 0.0742. The fourth-order valence-electron chi connectivity index (χ4n) is 4.17. The molecule has 3 heterocycles. The summed E-state index contributed by atoms with van der Waals surface area (Å²) >= 11 is 3.10. The SMILES string of the molecule is Cc1csc(CC(=O)N2CCN(CCC(=O)Nc3sc4c(c3C#N)CCCC4)CC2)n1. The molecule has 0 bridgehead atoms. The van der Waals surface area contributed by atoms with Gasteiger partial charge >= 0.3 is 0 Å². The lowest BCUT2D eigenvalue weighted by Gasteiger charge is -2.34. The van der Waals surface area contributed by atoms with E-state index in [-0.39, 0.29) is 11.8 Å². The number of carbonyl (C=O) groups excluding carboxylic acids is 2. The molecule has 0 atom stereocenters. The molecule has 0 radical (unpaired) electrons. The number of hydrogen-bond donors (Lipinski definition) is 1. The minimum atomic E-state index is -0.0484. The van der Waals surface area contributed by atoms with E-state index >= 15 is 0 Å². The van der Waals surface area contributed by atoms with Crippen molar-refractivity contribution in [1.29, 1.82) is 5.26 Å². The quantitative estimate of drug-likeness (QED) is 0.720. The number of thiazole rings is 1. The van der Waals surface area contributed by atoms with E-state index in [2.05, 4.69) is 21.3 Å². The number of aryl methyl sites for hydroxylation is 2. The maximum atomic E-state index is 12.5. The van der Waals surface area contributed by atoms with Crippen molar-refractivity contribution in [2.24, 2.45) is 0 Å². The Morgan fingerprint density at radius 1 is 1.23 bits per heavy atom. The Balaban J connectivity index is 1.22. The third-order valence-corrected chi connectivity index (χ3v) is 8.06. The van der Waals surface area contributed by atoms with Crippen molar-refractivity contribution in [3.05, 3.63) is 32.1 Å². The van der Waals surface area contributed by atoms with Gasteiger partial charge in [-0.3, -0.25) is 14.5 Å². The summed E-state index contributed by atoms with van der Waals surface area (Å²) < 4.78 is 0. The molecule has 164 valence electrons. The van der Waals surface area contributed by atoms with Crippen molar-refractivity contribution in [3.8, 4) is 6.07 Å². The second kappa shape index (κ2) is 9.90. The molecule has 2 amide bonds. The van der Waals surface area contributed by atoms with Crippen LogP contribution in [0.5, 0.6) is 0 Å². The number of nitriles is 1. The Bertz CT molecular complexity index is 998. The largest absolute Gasteiger partial charge is 0.340 e. The number of carbonyl (C=O) groups is 2. The molecule has 1 aliphatic carbocycles. The van der Waals surface area contributed by atoms with Gasteiger partial charge in [-0.05, 0) is 38.2 Å². The summed E-state index contributed by atoms with van der Waals surface area (Å²) in [6.45, 7) is 5.50. The molecule has 1 fully saturated rings. The van der Waals surface area contributed by atoms with Gasteiger partial charge in [-0.25, -0.2) is 4.98 Å². The lowest BCUT2D eigenvalue weighted by atomic mass is 9.96. The van der Waals surface area contributed by atoms with Crippen LogP contribution in [0.3, 0.4) is 0 Å². The fourth-order valence-corrected chi connectivity index (χ4v) is 6.19. The number of amides is 2. The molecule has 0 spiro atoms. The van der Waals surface area contributed by atoms with Gasteiger partial charge in [-0.2, -0.15) is 5.26 Å². The standard InChI is InChI=1S/C22H27N5O2S2/c1-15-14-30-20(24-15)12-21(29)27-10-8-26(9-11-27)7-6-19(28)25-22-17(13-23)16-4-2-3-5-18(16)31-22/h14H,2-12H2,1H3,(H,25,28). The van der Waals surface area contributed by atoms with Gasteiger partial charge < -0.3 is 10.2 Å². The molecule has 0 saturated carbocycles. The molecule has 2 aromatic rings. The Morgan fingerprint density at radius 3 is 2.71 bits per heavy atom. The number of fused-ring (bicyclic) bond motifs is 1. The lowest BCUT2D eigenvalue weighted by molar-refractivity contribution is -0.132. The van der Waals surface area contributed by atoms with E-state index in [0.717, 1.165) is 55.0 Å². The van der Waals surface area contributed by atoms with E-state index in [1.807, 2.05) is 17.2 Å². The smallest absolute Gasteiger partial charge is 0.229 e. The minimum absolute atomic E-state index is 0.0484. The highest BCUT2D eigenvalue weighted by Gasteiger charge is 2.24. The number of nitrogens with zero attached hydrogens (tertiary/aromatic N) is 4. The third kappa shape index (κ3) is 5.32. The van der Waals surface area contributed by atoms with Gasteiger partial charge in [0.05, 0.1) is 12.0 Å². The first kappa shape index (κ1) is 21.9. The highest BCUT2D eigenvalue weighted by Crippen LogP contribution is 2.37. The number of anilines is 1. The van der Waals surface area contributed by atoms with Crippen molar-refractivity contribution in [2.45, 2.75) is 45.4 Å². The molecule has 9 heteroatoms. The summed E-state index contributed by atoms with van der Waals surface area (Å²) in [6, 6.07) is 2.29. The summed E-state index contributed by atoms with van der Waals surface area (Å²) in [4.78, 5) is 34.7. The van der Waals surface area contributed by atoms with Crippen LogP contribution in [0.1, 0.15) is 46.0 Å². The molecule has 0 aromatic carbocycles. The minimum Gasteiger partial charge on any atom is -0.340 e. The average molecular weight is 458 g/mol. The first-order valence-electron chi connectivity index (χ1n) is 10.8. The normalized spacial score (nSPS) is 16.6. The molecular formula is C22H27N5O2S2. The maximum absolute atomic E-state index is 12.5. The van der Waals surface area contributed by atoms with E-state index in [1.165, 1.54) is 16.2 Å². The van der Waals surface area contributed by atoms with Crippen LogP contribution in [-0.2, 0) is 28.9 Å². The predicted octanol–water partition coefficient (Wildman–Crippen LogP) is 2.98. The monoisotopic (exact) mass is 457 g/mol. The summed E-state index contributed by atoms with van der Waals surface area (Å²) in [7, 11) is 0. The topological polar surface area (TPSA) is 89.3 Å². The zero-order chi connectivity index (χ0) is 21.8. The number of rotatable bonds is 6. The maximum Gasteiger partial charge on any atom is 0.229 e. The third-order valence-electron chi connectivity index (χ3n) is 5.89. The van der Waals surface area contributed by atoms with Crippen LogP contribution in [0.2, 0.25) is 0 Å². The second-order valence-corrected chi connectivity index (χ2v) is 10.2. The second-order valence-electron chi connectivity index (χ2n) is 8.11.